The van der Waals surface area contributed by atoms with Gasteiger partial charge in [-0.2, -0.15) is 0 Å². The molecule has 1 aliphatic heterocycles. The van der Waals surface area contributed by atoms with E-state index in [1.807, 2.05) is 30.3 Å². The number of nitrogens with one attached hydrogen (secondary N) is 1. The van der Waals surface area contributed by atoms with E-state index in [0.29, 0.717) is 18.7 Å². The van der Waals surface area contributed by atoms with Gasteiger partial charge in [0.05, 0.1) is 5.57 Å². The fourth-order valence-corrected chi connectivity index (χ4v) is 1.29. The van der Waals surface area contributed by atoms with Crippen molar-refractivity contribution in [3.63, 3.8) is 0 Å². The monoisotopic (exact) mass is 189 g/mol. The van der Waals surface area contributed by atoms with Gasteiger partial charge in [0.15, 0.2) is 0 Å². The van der Waals surface area contributed by atoms with E-state index in [-0.39, 0.29) is 5.97 Å². The maximum absolute atomic E-state index is 11.1. The van der Waals surface area contributed by atoms with Gasteiger partial charge in [0.1, 0.15) is 6.61 Å². The number of hydrogen-bond donors (Lipinski definition) is 1. The fourth-order valence-electron chi connectivity index (χ4n) is 1.29. The van der Waals surface area contributed by atoms with Crippen molar-refractivity contribution in [3.8, 4) is 0 Å². The smallest absolute Gasteiger partial charge is 0.335 e. The Morgan fingerprint density at radius 3 is 2.71 bits per heavy atom. The van der Waals surface area contributed by atoms with Crippen LogP contribution < -0.4 is 5.32 Å². The molecule has 0 amide bonds. The summed E-state index contributed by atoms with van der Waals surface area (Å²) in [5.74, 6) is -0.214. The number of cyclic esters (lactones) is 1. The Hall–Kier alpha value is -1.77. The molecular formula is C11H11NO2. The molecule has 0 radical (unpaired) electrons. The first-order chi connectivity index (χ1) is 6.86. The van der Waals surface area contributed by atoms with Gasteiger partial charge in [-0.15, -0.1) is 0 Å². The Bertz CT molecular complexity index is 357. The van der Waals surface area contributed by atoms with Gasteiger partial charge in [-0.05, 0) is 18.2 Å². The van der Waals surface area contributed by atoms with Crippen molar-refractivity contribution in [1.29, 1.82) is 0 Å². The van der Waals surface area contributed by atoms with Crippen molar-refractivity contribution >= 4 is 11.7 Å². The summed E-state index contributed by atoms with van der Waals surface area (Å²) in [6.45, 7) is 0.938. The lowest BCUT2D eigenvalue weighted by molar-refractivity contribution is -0.135. The van der Waals surface area contributed by atoms with Crippen LogP contribution in [0.1, 0.15) is 0 Å². The third-order valence-electron chi connectivity index (χ3n) is 2.06. The van der Waals surface area contributed by atoms with E-state index in [2.05, 4.69) is 5.32 Å². The van der Waals surface area contributed by atoms with Crippen LogP contribution in [0.4, 0.5) is 5.69 Å². The molecule has 0 bridgehead atoms. The lowest BCUT2D eigenvalue weighted by Crippen LogP contribution is -2.10. The molecule has 3 nitrogen and oxygen atoms in total. The molecule has 0 saturated carbocycles. The zero-order valence-electron chi connectivity index (χ0n) is 7.69. The summed E-state index contributed by atoms with van der Waals surface area (Å²) in [5, 5.41) is 3.15. The fraction of sp³-hybridized carbons (Fsp3) is 0.182. The topological polar surface area (TPSA) is 38.3 Å². The third-order valence-corrected chi connectivity index (χ3v) is 2.06. The van der Waals surface area contributed by atoms with Gasteiger partial charge in [0.2, 0.25) is 0 Å². The minimum Gasteiger partial charge on any atom is -0.458 e. The van der Waals surface area contributed by atoms with Crippen LogP contribution in [-0.4, -0.2) is 19.1 Å². The van der Waals surface area contributed by atoms with Crippen LogP contribution in [0, 0.1) is 0 Å². The Balaban J connectivity index is 1.92. The summed E-state index contributed by atoms with van der Waals surface area (Å²) in [6.07, 6.45) is 1.80. The average molecular weight is 189 g/mol. The molecule has 1 aromatic carbocycles. The van der Waals surface area contributed by atoms with Crippen LogP contribution in [0.2, 0.25) is 0 Å². The van der Waals surface area contributed by atoms with E-state index in [4.69, 9.17) is 4.74 Å². The van der Waals surface area contributed by atoms with Crippen LogP contribution >= 0.6 is 0 Å². The van der Waals surface area contributed by atoms with Gasteiger partial charge in [0.25, 0.3) is 0 Å². The van der Waals surface area contributed by atoms with Crippen LogP contribution in [0.15, 0.2) is 42.0 Å². The number of esters is 1. The first kappa shape index (κ1) is 8.81. The number of carbonyl (C=O) groups excluding carboxylic acids is 1. The van der Waals surface area contributed by atoms with Crippen LogP contribution in [0.5, 0.6) is 0 Å². The quantitative estimate of drug-likeness (QED) is 0.734. The number of benzene rings is 1. The van der Waals surface area contributed by atoms with Gasteiger partial charge in [-0.25, -0.2) is 4.79 Å². The first-order valence-corrected chi connectivity index (χ1v) is 4.51. The number of anilines is 1. The predicted molar refractivity (Wildman–Crippen MR) is 54.0 cm³/mol. The molecular weight excluding hydrogens is 178 g/mol. The Labute approximate surface area is 82.4 Å². The molecule has 2 rings (SSSR count). The van der Waals surface area contributed by atoms with Crippen LogP contribution in [0.25, 0.3) is 0 Å². The van der Waals surface area contributed by atoms with E-state index in [0.717, 1.165) is 5.69 Å². The molecule has 0 fully saturated rings. The molecule has 3 heteroatoms. The van der Waals surface area contributed by atoms with Gasteiger partial charge in [0, 0.05) is 12.2 Å². The number of hydrogen-bond acceptors (Lipinski definition) is 3. The molecule has 0 aliphatic carbocycles. The molecule has 0 spiro atoms. The molecule has 0 saturated heterocycles. The number of rotatable bonds is 3. The highest BCUT2D eigenvalue weighted by molar-refractivity contribution is 5.91. The Morgan fingerprint density at radius 2 is 2.07 bits per heavy atom. The van der Waals surface area contributed by atoms with Crippen molar-refractivity contribution in [2.75, 3.05) is 18.5 Å². The predicted octanol–water partition coefficient (Wildman–Crippen LogP) is 1.58. The molecule has 0 unspecified atom stereocenters. The van der Waals surface area contributed by atoms with Gasteiger partial charge in [-0.1, -0.05) is 18.2 Å². The second kappa shape index (κ2) is 3.96. The highest BCUT2D eigenvalue weighted by Gasteiger charge is 2.15. The molecule has 1 N–H and O–H groups in total. The standard InChI is InChI=1S/C11H11NO2/c13-11-9(6-7-14-11)8-12-10-4-2-1-3-5-10/h1-6,12H,7-8H2. The molecule has 1 aliphatic rings. The van der Waals surface area contributed by atoms with Crippen molar-refractivity contribution in [3.05, 3.63) is 42.0 Å². The molecule has 72 valence electrons. The van der Waals surface area contributed by atoms with Crippen molar-refractivity contribution in [1.82, 2.24) is 0 Å². The van der Waals surface area contributed by atoms with Crippen LogP contribution in [0.3, 0.4) is 0 Å². The molecule has 1 aromatic rings. The van der Waals surface area contributed by atoms with Crippen molar-refractivity contribution in [2.45, 2.75) is 0 Å². The second-order valence-corrected chi connectivity index (χ2v) is 3.05. The summed E-state index contributed by atoms with van der Waals surface area (Å²) in [5.41, 5.74) is 1.71. The largest absolute Gasteiger partial charge is 0.458 e. The highest BCUT2D eigenvalue weighted by atomic mass is 16.5. The maximum atomic E-state index is 11.1. The lowest BCUT2D eigenvalue weighted by atomic mass is 10.2. The number of carbonyl (C=O) groups is 1. The summed E-state index contributed by atoms with van der Waals surface area (Å²) in [7, 11) is 0. The Kier molecular flexibility index (Phi) is 2.49. The van der Waals surface area contributed by atoms with Crippen LogP contribution in [-0.2, 0) is 9.53 Å². The zero-order valence-corrected chi connectivity index (χ0v) is 7.69. The SMILES string of the molecule is O=C1OCC=C1CNc1ccccc1. The van der Waals surface area contributed by atoms with E-state index in [9.17, 15) is 4.79 Å². The summed E-state index contributed by atoms with van der Waals surface area (Å²) >= 11 is 0. The summed E-state index contributed by atoms with van der Waals surface area (Å²) in [4.78, 5) is 11.1. The Morgan fingerprint density at radius 1 is 1.29 bits per heavy atom. The highest BCUT2D eigenvalue weighted by Crippen LogP contribution is 2.10. The van der Waals surface area contributed by atoms with Crippen molar-refractivity contribution < 1.29 is 9.53 Å². The summed E-state index contributed by atoms with van der Waals surface area (Å²) < 4.78 is 4.78. The molecule has 0 atom stereocenters. The molecule has 0 aromatic heterocycles. The van der Waals surface area contributed by atoms with E-state index >= 15 is 0 Å². The second-order valence-electron chi connectivity index (χ2n) is 3.05. The normalized spacial score (nSPS) is 14.9. The van der Waals surface area contributed by atoms with E-state index < -0.39 is 0 Å². The minimum absolute atomic E-state index is 0.214. The molecule has 1 heterocycles. The first-order valence-electron chi connectivity index (χ1n) is 4.51. The summed E-state index contributed by atoms with van der Waals surface area (Å²) in [6, 6.07) is 9.77. The number of ether oxygens (including phenoxy) is 1. The zero-order chi connectivity index (χ0) is 9.80. The lowest BCUT2D eigenvalue weighted by Gasteiger charge is -2.04. The number of para-hydroxylation sites is 1. The van der Waals surface area contributed by atoms with Gasteiger partial charge >= 0.3 is 5.97 Å². The average Bonchev–Trinajstić information content (AvgIpc) is 2.63. The maximum Gasteiger partial charge on any atom is 0.335 e. The van der Waals surface area contributed by atoms with E-state index in [1.165, 1.54) is 0 Å². The van der Waals surface area contributed by atoms with Crippen molar-refractivity contribution in [2.24, 2.45) is 0 Å². The third kappa shape index (κ3) is 1.93. The minimum atomic E-state index is -0.214. The van der Waals surface area contributed by atoms with Gasteiger partial charge in [-0.3, -0.25) is 0 Å². The molecule has 14 heavy (non-hydrogen) atoms. The van der Waals surface area contributed by atoms with E-state index in [1.54, 1.807) is 6.08 Å². The van der Waals surface area contributed by atoms with Gasteiger partial charge < -0.3 is 10.1 Å².